The fourth-order valence-corrected chi connectivity index (χ4v) is 5.92. The first-order chi connectivity index (χ1) is 15.8. The van der Waals surface area contributed by atoms with Gasteiger partial charge < -0.3 is 14.9 Å². The summed E-state index contributed by atoms with van der Waals surface area (Å²) in [5.41, 5.74) is 6.12. The number of nitrogens with zero attached hydrogens (tertiary/aromatic N) is 6. The molecule has 3 aromatic heterocycles. The third-order valence-electron chi connectivity index (χ3n) is 5.16. The number of aryl methyl sites for hydroxylation is 3. The Morgan fingerprint density at radius 1 is 1.03 bits per heavy atom. The van der Waals surface area contributed by atoms with Crippen LogP contribution in [0.1, 0.15) is 17.2 Å². The van der Waals surface area contributed by atoms with Gasteiger partial charge in [0.15, 0.2) is 5.65 Å². The van der Waals surface area contributed by atoms with Crippen molar-refractivity contribution in [2.24, 2.45) is 0 Å². The Balaban J connectivity index is 1.83. The maximum atomic E-state index is 6.29. The van der Waals surface area contributed by atoms with Crippen molar-refractivity contribution in [1.82, 2.24) is 24.3 Å². The molecule has 8 nitrogen and oxygen atoms in total. The topological polar surface area (TPSA) is 83.8 Å². The largest absolute Gasteiger partial charge is 0.352 e. The Bertz CT molecular complexity index is 1330. The number of rotatable bonds is 7. The monoisotopic (exact) mass is 612 g/mol. The Labute approximate surface area is 216 Å². The van der Waals surface area contributed by atoms with Crippen LogP contribution in [0.4, 0.5) is 28.7 Å². The summed E-state index contributed by atoms with van der Waals surface area (Å²) in [5.74, 6) is 2.21. The lowest BCUT2D eigenvalue weighted by atomic mass is 10.2. The van der Waals surface area contributed by atoms with Gasteiger partial charge in [-0.25, -0.2) is 15.0 Å². The molecule has 0 amide bonds. The number of halogens is 2. The predicted octanol–water partition coefficient (Wildman–Crippen LogP) is 6.79. The molecule has 0 spiro atoms. The molecule has 2 N–H and O–H groups in total. The van der Waals surface area contributed by atoms with E-state index in [9.17, 15) is 0 Å². The second kappa shape index (κ2) is 10.2. The van der Waals surface area contributed by atoms with Crippen molar-refractivity contribution in [2.45, 2.75) is 20.8 Å². The summed E-state index contributed by atoms with van der Waals surface area (Å²) < 4.78 is 4.17. The van der Waals surface area contributed by atoms with Crippen molar-refractivity contribution in [3.8, 4) is 0 Å². The Kier molecular flexibility index (Phi) is 7.47. The molecule has 1 atom stereocenters. The number of pyridine rings is 1. The summed E-state index contributed by atoms with van der Waals surface area (Å²) in [6, 6.07) is 7.74. The third-order valence-corrected chi connectivity index (χ3v) is 8.29. The van der Waals surface area contributed by atoms with Crippen LogP contribution in [0.15, 0.2) is 30.5 Å². The normalized spacial score (nSPS) is 11.5. The zero-order chi connectivity index (χ0) is 23.7. The number of nitrogens with one attached hydrogen (secondary N) is 2. The molecule has 0 saturated heterocycles. The van der Waals surface area contributed by atoms with Crippen LogP contribution in [-0.4, -0.2) is 37.6 Å². The Hall–Kier alpha value is -1.88. The average Bonchev–Trinajstić information content (AvgIpc) is 3.12. The van der Waals surface area contributed by atoms with Gasteiger partial charge in [0, 0.05) is 24.4 Å². The number of hydrogen-bond donors (Lipinski definition) is 2. The van der Waals surface area contributed by atoms with Gasteiger partial charge in [-0.2, -0.15) is 0 Å². The van der Waals surface area contributed by atoms with Crippen LogP contribution < -0.4 is 14.9 Å². The van der Waals surface area contributed by atoms with E-state index in [1.54, 1.807) is 18.1 Å². The van der Waals surface area contributed by atoms with E-state index in [0.717, 1.165) is 45.4 Å². The number of benzene rings is 1. The Morgan fingerprint density at radius 3 is 2.52 bits per heavy atom. The van der Waals surface area contributed by atoms with E-state index in [-0.39, 0.29) is 0 Å². The highest BCUT2D eigenvalue weighted by atomic mass is 127. The highest BCUT2D eigenvalue weighted by molar-refractivity contribution is 14.2. The average molecular weight is 613 g/mol. The third kappa shape index (κ3) is 5.13. The molecule has 4 rings (SSSR count). The van der Waals surface area contributed by atoms with Crippen molar-refractivity contribution in [2.75, 3.05) is 28.2 Å². The molecule has 3 heterocycles. The zero-order valence-corrected chi connectivity index (χ0v) is 23.5. The van der Waals surface area contributed by atoms with E-state index in [1.807, 2.05) is 58.3 Å². The number of anilines is 5. The quantitative estimate of drug-likeness (QED) is 0.134. The minimum Gasteiger partial charge on any atom is -0.352 e. The summed E-state index contributed by atoms with van der Waals surface area (Å²) in [7, 11) is 2.01. The SMILES string of the molecule is CSN(C)c1cc(Cl)ccc1Nc1cc(Nc2cnc(C)c(C)n2)nc2c1nc(C)n2PI. The molecule has 1 unspecified atom stereocenters. The summed E-state index contributed by atoms with van der Waals surface area (Å²) in [6.07, 6.45) is 4.21. The number of imidazole rings is 1. The number of hydrogen-bond acceptors (Lipinski definition) is 8. The van der Waals surface area contributed by atoms with Gasteiger partial charge in [-0.15, -0.1) is 0 Å². The second-order valence-electron chi connectivity index (χ2n) is 7.32. The van der Waals surface area contributed by atoms with Crippen molar-refractivity contribution < 1.29 is 0 Å². The van der Waals surface area contributed by atoms with Gasteiger partial charge in [0.05, 0.1) is 41.0 Å². The maximum Gasteiger partial charge on any atom is 0.168 e. The molecule has 0 bridgehead atoms. The maximum absolute atomic E-state index is 6.29. The first-order valence-electron chi connectivity index (χ1n) is 9.99. The van der Waals surface area contributed by atoms with Gasteiger partial charge in [-0.3, -0.25) is 9.32 Å². The number of fused-ring (bicyclic) bond motifs is 1. The standard InChI is InChI=1S/C21H23ClIN8PS/c1-11-12(2)25-19(10-24-11)28-18-9-16(20-21(29-18)31(32-23)13(3)26-20)27-15-7-6-14(22)8-17(15)30(4)33-5/h6-10,32H,1-5H3,(H2,25,27,28,29). The smallest absolute Gasteiger partial charge is 0.168 e. The van der Waals surface area contributed by atoms with Crippen LogP contribution in [0.2, 0.25) is 5.02 Å². The van der Waals surface area contributed by atoms with Crippen LogP contribution >= 0.6 is 52.0 Å². The lowest BCUT2D eigenvalue weighted by Gasteiger charge is -2.21. The molecule has 172 valence electrons. The summed E-state index contributed by atoms with van der Waals surface area (Å²) >= 11 is 10.2. The van der Waals surface area contributed by atoms with Crippen molar-refractivity contribution in [3.05, 3.63) is 52.7 Å². The van der Waals surface area contributed by atoms with Crippen LogP contribution in [0.5, 0.6) is 0 Å². The van der Waals surface area contributed by atoms with E-state index in [4.69, 9.17) is 21.6 Å². The molecule has 0 saturated carbocycles. The molecule has 0 aliphatic carbocycles. The van der Waals surface area contributed by atoms with Crippen LogP contribution in [0.3, 0.4) is 0 Å². The molecule has 0 aliphatic rings. The van der Waals surface area contributed by atoms with Crippen LogP contribution in [0, 0.1) is 20.8 Å². The van der Waals surface area contributed by atoms with E-state index in [0.29, 0.717) is 23.0 Å². The molecule has 0 radical (unpaired) electrons. The van der Waals surface area contributed by atoms with E-state index >= 15 is 0 Å². The summed E-state index contributed by atoms with van der Waals surface area (Å²) in [4.78, 5) is 18.7. The van der Waals surface area contributed by atoms with E-state index < -0.39 is 0 Å². The highest BCUT2D eigenvalue weighted by Gasteiger charge is 2.17. The molecule has 33 heavy (non-hydrogen) atoms. The van der Waals surface area contributed by atoms with Crippen molar-refractivity contribution >= 4 is 91.8 Å². The lowest BCUT2D eigenvalue weighted by Crippen LogP contribution is -2.08. The molecule has 0 fully saturated rings. The minimum atomic E-state index is 0.473. The van der Waals surface area contributed by atoms with Crippen LogP contribution in [0.25, 0.3) is 11.2 Å². The molecule has 0 aliphatic heterocycles. The van der Waals surface area contributed by atoms with Gasteiger partial charge in [-0.1, -0.05) is 23.5 Å². The number of aromatic nitrogens is 5. The van der Waals surface area contributed by atoms with Crippen LogP contribution in [-0.2, 0) is 0 Å². The molecule has 4 aromatic rings. The fourth-order valence-electron chi connectivity index (χ4n) is 3.26. The molecule has 12 heteroatoms. The first-order valence-corrected chi connectivity index (χ1v) is 15.6. The first kappa shape index (κ1) is 24.3. The predicted molar refractivity (Wildman–Crippen MR) is 151 cm³/mol. The van der Waals surface area contributed by atoms with Gasteiger partial charge in [0.2, 0.25) is 0 Å². The molecular formula is C21H23ClIN8PS. The minimum absolute atomic E-state index is 0.473. The van der Waals surface area contributed by atoms with E-state index in [1.165, 1.54) is 0 Å². The Morgan fingerprint density at radius 2 is 1.82 bits per heavy atom. The summed E-state index contributed by atoms with van der Waals surface area (Å²) in [5, 5.41) is 7.55. The summed E-state index contributed by atoms with van der Waals surface area (Å²) in [6.45, 7) is 5.88. The van der Waals surface area contributed by atoms with Gasteiger partial charge in [-0.05, 0) is 61.0 Å². The van der Waals surface area contributed by atoms with Crippen molar-refractivity contribution in [3.63, 3.8) is 0 Å². The highest BCUT2D eigenvalue weighted by Crippen LogP contribution is 2.38. The van der Waals surface area contributed by atoms with Gasteiger partial charge in [0.25, 0.3) is 0 Å². The fraction of sp³-hybridized carbons (Fsp3) is 0.238. The molecular weight excluding hydrogens is 590 g/mol. The van der Waals surface area contributed by atoms with Crippen molar-refractivity contribution in [1.29, 1.82) is 0 Å². The molecule has 1 aromatic carbocycles. The van der Waals surface area contributed by atoms with Gasteiger partial charge >= 0.3 is 0 Å². The zero-order valence-electron chi connectivity index (χ0n) is 18.7. The lowest BCUT2D eigenvalue weighted by molar-refractivity contribution is 1.05. The second-order valence-corrected chi connectivity index (χ2v) is 10.7. The van der Waals surface area contributed by atoms with E-state index in [2.05, 4.69) is 51.3 Å². The van der Waals surface area contributed by atoms with Gasteiger partial charge in [0.1, 0.15) is 23.0 Å².